The highest BCUT2D eigenvalue weighted by molar-refractivity contribution is 5.95. The molecule has 1 aliphatic rings. The average molecular weight is 485 g/mol. The number of hydrogen-bond donors (Lipinski definition) is 3. The van der Waals surface area contributed by atoms with Crippen LogP contribution < -0.4 is 11.5 Å². The molecule has 0 bridgehead atoms. The molecule has 1 aliphatic carbocycles. The van der Waals surface area contributed by atoms with Gasteiger partial charge in [-0.2, -0.15) is 0 Å². The average Bonchev–Trinajstić information content (AvgIpc) is 2.87. The quantitative estimate of drug-likeness (QED) is 0.383. The van der Waals surface area contributed by atoms with Gasteiger partial charge in [0.05, 0.1) is 25.3 Å². The summed E-state index contributed by atoms with van der Waals surface area (Å²) in [5.41, 5.74) is 13.8. The van der Waals surface area contributed by atoms with Crippen LogP contribution in [0.5, 0.6) is 0 Å². The number of methoxy groups -OCH3 is 2. The zero-order valence-corrected chi connectivity index (χ0v) is 19.9. The van der Waals surface area contributed by atoms with Crippen molar-refractivity contribution in [2.24, 2.45) is 5.92 Å². The van der Waals surface area contributed by atoms with Crippen LogP contribution in [-0.2, 0) is 19.7 Å². The fraction of sp³-hybridized carbons (Fsp3) is 0.192. The molecule has 2 aromatic heterocycles. The molecular weight excluding hydrogens is 460 g/mol. The fourth-order valence-corrected chi connectivity index (χ4v) is 4.86. The fourth-order valence-electron chi connectivity index (χ4n) is 4.86. The van der Waals surface area contributed by atoms with Crippen LogP contribution >= 0.6 is 0 Å². The summed E-state index contributed by atoms with van der Waals surface area (Å²) in [6.45, 7) is 1.93. The van der Waals surface area contributed by atoms with Crippen molar-refractivity contribution in [3.05, 3.63) is 77.5 Å². The summed E-state index contributed by atoms with van der Waals surface area (Å²) in [5, 5.41) is 11.7. The van der Waals surface area contributed by atoms with Gasteiger partial charge in [0, 0.05) is 28.7 Å². The number of anilines is 2. The molecule has 36 heavy (non-hydrogen) atoms. The van der Waals surface area contributed by atoms with Crippen molar-refractivity contribution in [3.8, 4) is 0 Å². The van der Waals surface area contributed by atoms with Crippen molar-refractivity contribution in [1.82, 2.24) is 19.9 Å². The standard InChI is InChI=1S/C26H24N6O4/c1-26(16-5-7-19-15(9-16)12-30-25(28)32-19)20(35-2)10-17(23(33)34)21(22(26)36-3)13-4-6-18-14(8-13)11-29-24(27)31-18/h4-12,17H,1-3H3,(H,33,34)(H2,27,29,31)(H2,28,30,32). The van der Waals surface area contributed by atoms with E-state index in [0.29, 0.717) is 33.7 Å². The molecule has 182 valence electrons. The monoisotopic (exact) mass is 484 g/mol. The van der Waals surface area contributed by atoms with E-state index in [1.165, 1.54) is 14.2 Å². The van der Waals surface area contributed by atoms with Gasteiger partial charge in [-0.05, 0) is 48.4 Å². The third-order valence-corrected chi connectivity index (χ3v) is 6.60. The Morgan fingerprint density at radius 1 is 0.944 bits per heavy atom. The normalized spacial score (nSPS) is 19.9. The summed E-state index contributed by atoms with van der Waals surface area (Å²) in [6.07, 6.45) is 4.88. The molecule has 10 nitrogen and oxygen atoms in total. The van der Waals surface area contributed by atoms with Crippen molar-refractivity contribution in [2.45, 2.75) is 12.3 Å². The van der Waals surface area contributed by atoms with Crippen LogP contribution in [0.3, 0.4) is 0 Å². The van der Waals surface area contributed by atoms with Crippen molar-refractivity contribution in [3.63, 3.8) is 0 Å². The maximum Gasteiger partial charge on any atom is 0.315 e. The number of carbonyl (C=O) groups is 1. The highest BCUT2D eigenvalue weighted by atomic mass is 16.5. The van der Waals surface area contributed by atoms with Crippen molar-refractivity contribution >= 4 is 45.2 Å². The lowest BCUT2D eigenvalue weighted by molar-refractivity contribution is -0.138. The molecule has 0 amide bonds. The van der Waals surface area contributed by atoms with Crippen LogP contribution in [0.4, 0.5) is 11.9 Å². The zero-order chi connectivity index (χ0) is 25.6. The van der Waals surface area contributed by atoms with Crippen LogP contribution in [-0.4, -0.2) is 45.2 Å². The first-order valence-corrected chi connectivity index (χ1v) is 11.1. The third-order valence-electron chi connectivity index (χ3n) is 6.60. The zero-order valence-electron chi connectivity index (χ0n) is 19.9. The number of aromatic nitrogens is 4. The number of carboxylic acids is 1. The van der Waals surface area contributed by atoms with Crippen molar-refractivity contribution < 1.29 is 19.4 Å². The third kappa shape index (κ3) is 3.54. The summed E-state index contributed by atoms with van der Waals surface area (Å²) < 4.78 is 11.8. The molecule has 4 aromatic rings. The SMILES string of the molecule is COC1=CC(C(=O)O)C(c2ccc3nc(N)ncc3c2)=C(OC)C1(C)c1ccc2nc(N)ncc2c1. The number of fused-ring (bicyclic) bond motifs is 2. The number of benzene rings is 2. The Hall–Kier alpha value is -4.73. The minimum Gasteiger partial charge on any atom is -0.500 e. The lowest BCUT2D eigenvalue weighted by Gasteiger charge is -2.39. The molecule has 0 radical (unpaired) electrons. The summed E-state index contributed by atoms with van der Waals surface area (Å²) in [5.74, 6) is -0.812. The molecule has 2 aromatic carbocycles. The summed E-state index contributed by atoms with van der Waals surface area (Å²) in [6, 6.07) is 11.1. The van der Waals surface area contributed by atoms with Gasteiger partial charge in [-0.1, -0.05) is 12.1 Å². The number of carboxylic acid groups (broad SMARTS) is 1. The van der Waals surface area contributed by atoms with Crippen molar-refractivity contribution in [2.75, 3.05) is 25.7 Å². The number of nitrogens with zero attached hydrogens (tertiary/aromatic N) is 4. The van der Waals surface area contributed by atoms with E-state index in [4.69, 9.17) is 20.9 Å². The summed E-state index contributed by atoms with van der Waals surface area (Å²) >= 11 is 0. The topological polar surface area (TPSA) is 159 Å². The number of nitrogen functional groups attached to an aromatic ring is 2. The van der Waals surface area contributed by atoms with Crippen LogP contribution in [0.2, 0.25) is 0 Å². The summed E-state index contributed by atoms with van der Waals surface area (Å²) in [7, 11) is 3.05. The van der Waals surface area contributed by atoms with Crippen LogP contribution in [0.25, 0.3) is 27.4 Å². The molecule has 0 saturated heterocycles. The van der Waals surface area contributed by atoms with E-state index in [1.54, 1.807) is 24.5 Å². The number of nitrogens with two attached hydrogens (primary N) is 2. The molecule has 5 N–H and O–H groups in total. The Morgan fingerprint density at radius 3 is 2.14 bits per heavy atom. The number of aliphatic carboxylic acids is 1. The van der Waals surface area contributed by atoms with Gasteiger partial charge in [0.1, 0.15) is 22.9 Å². The van der Waals surface area contributed by atoms with E-state index in [9.17, 15) is 9.90 Å². The second kappa shape index (κ2) is 8.49. The molecule has 5 rings (SSSR count). The van der Waals surface area contributed by atoms with E-state index < -0.39 is 17.3 Å². The molecule has 2 heterocycles. The molecule has 10 heteroatoms. The number of ether oxygens (including phenoxy) is 2. The summed E-state index contributed by atoms with van der Waals surface area (Å²) in [4.78, 5) is 29.2. The highest BCUT2D eigenvalue weighted by Crippen LogP contribution is 2.50. The largest absolute Gasteiger partial charge is 0.500 e. The van der Waals surface area contributed by atoms with Gasteiger partial charge in [-0.25, -0.2) is 19.9 Å². The Labute approximate surface area is 206 Å². The van der Waals surface area contributed by atoms with Gasteiger partial charge < -0.3 is 26.0 Å². The predicted molar refractivity (Wildman–Crippen MR) is 135 cm³/mol. The molecular formula is C26H24N6O4. The van der Waals surface area contributed by atoms with E-state index >= 15 is 0 Å². The minimum atomic E-state index is -1.04. The molecule has 0 fully saturated rings. The first-order chi connectivity index (χ1) is 17.3. The molecule has 2 atom stereocenters. The first-order valence-electron chi connectivity index (χ1n) is 11.1. The van der Waals surface area contributed by atoms with E-state index in [1.807, 2.05) is 37.3 Å². The lowest BCUT2D eigenvalue weighted by atomic mass is 9.69. The van der Waals surface area contributed by atoms with E-state index in [2.05, 4.69) is 19.9 Å². The van der Waals surface area contributed by atoms with Crippen LogP contribution in [0.15, 0.2) is 66.4 Å². The Balaban J connectivity index is 1.79. The maximum absolute atomic E-state index is 12.5. The second-order valence-corrected chi connectivity index (χ2v) is 8.63. The molecule has 2 unspecified atom stereocenters. The molecule has 0 saturated carbocycles. The van der Waals surface area contributed by atoms with Gasteiger partial charge >= 0.3 is 5.97 Å². The second-order valence-electron chi connectivity index (χ2n) is 8.63. The minimum absolute atomic E-state index is 0.162. The van der Waals surface area contributed by atoms with Crippen LogP contribution in [0.1, 0.15) is 18.1 Å². The van der Waals surface area contributed by atoms with E-state index in [0.717, 1.165) is 16.3 Å². The number of rotatable bonds is 5. The Morgan fingerprint density at radius 2 is 1.56 bits per heavy atom. The molecule has 0 aliphatic heterocycles. The highest BCUT2D eigenvalue weighted by Gasteiger charge is 2.46. The lowest BCUT2D eigenvalue weighted by Crippen LogP contribution is -2.36. The van der Waals surface area contributed by atoms with Gasteiger partial charge in [0.25, 0.3) is 0 Å². The number of hydrogen-bond acceptors (Lipinski definition) is 9. The predicted octanol–water partition coefficient (Wildman–Crippen LogP) is 3.30. The van der Waals surface area contributed by atoms with Gasteiger partial charge in [0.2, 0.25) is 11.9 Å². The Bertz CT molecular complexity index is 1600. The van der Waals surface area contributed by atoms with Gasteiger partial charge in [-0.3, -0.25) is 4.79 Å². The first kappa shape index (κ1) is 23.0. The maximum atomic E-state index is 12.5. The van der Waals surface area contributed by atoms with Crippen molar-refractivity contribution in [1.29, 1.82) is 0 Å². The van der Waals surface area contributed by atoms with Crippen LogP contribution in [0, 0.1) is 5.92 Å². The Kier molecular flexibility index (Phi) is 5.43. The van der Waals surface area contributed by atoms with Gasteiger partial charge in [0.15, 0.2) is 0 Å². The van der Waals surface area contributed by atoms with Gasteiger partial charge in [-0.15, -0.1) is 0 Å². The molecule has 0 spiro atoms. The smallest absolute Gasteiger partial charge is 0.315 e. The van der Waals surface area contributed by atoms with E-state index in [-0.39, 0.29) is 11.9 Å².